The van der Waals surface area contributed by atoms with Gasteiger partial charge in [-0.05, 0) is 54.7 Å². The van der Waals surface area contributed by atoms with E-state index in [-0.39, 0.29) is 11.0 Å². The molecule has 2 N–H and O–H groups in total. The van der Waals surface area contributed by atoms with Crippen molar-refractivity contribution in [1.29, 1.82) is 5.26 Å². The third kappa shape index (κ3) is 4.93. The molecule has 0 aliphatic heterocycles. The Balaban J connectivity index is 1.38. The lowest BCUT2D eigenvalue weighted by Gasteiger charge is -2.13. The summed E-state index contributed by atoms with van der Waals surface area (Å²) in [6.07, 6.45) is 3.74. The van der Waals surface area contributed by atoms with Gasteiger partial charge in [0.05, 0.1) is 17.7 Å². The van der Waals surface area contributed by atoms with Crippen molar-refractivity contribution in [2.45, 2.75) is 25.7 Å². The van der Waals surface area contributed by atoms with Crippen molar-refractivity contribution in [3.63, 3.8) is 0 Å². The molecule has 0 bridgehead atoms. The maximum atomic E-state index is 12.8. The number of hydrogen-bond acceptors (Lipinski definition) is 5. The molecule has 5 nitrogen and oxygen atoms in total. The van der Waals surface area contributed by atoms with E-state index >= 15 is 0 Å². The first-order chi connectivity index (χ1) is 15.2. The van der Waals surface area contributed by atoms with Crippen LogP contribution in [0.5, 0.6) is 5.75 Å². The summed E-state index contributed by atoms with van der Waals surface area (Å²) in [5, 5.41) is 16.1. The van der Waals surface area contributed by atoms with Crippen LogP contribution in [0.3, 0.4) is 0 Å². The van der Waals surface area contributed by atoms with Crippen molar-refractivity contribution in [2.24, 2.45) is 0 Å². The third-order valence-electron chi connectivity index (χ3n) is 5.11. The van der Waals surface area contributed by atoms with Crippen molar-refractivity contribution < 1.29 is 9.53 Å². The molecule has 0 unspecified atom stereocenters. The lowest BCUT2D eigenvalue weighted by Crippen LogP contribution is -2.34. The molecule has 0 saturated heterocycles. The van der Waals surface area contributed by atoms with Crippen LogP contribution in [0.4, 0.5) is 5.00 Å². The van der Waals surface area contributed by atoms with E-state index in [4.69, 9.17) is 17.0 Å². The number of carbonyl (C=O) groups is 1. The number of aryl methyl sites for hydroxylation is 1. The average Bonchev–Trinajstić information content (AvgIpc) is 3.35. The number of benzene rings is 2. The zero-order valence-electron chi connectivity index (χ0n) is 16.8. The Bertz CT molecular complexity index is 1150. The second-order valence-corrected chi connectivity index (χ2v) is 8.68. The molecular weight excluding hydrogens is 426 g/mol. The molecule has 3 aromatic rings. The molecule has 1 amide bonds. The molecular formula is C24H21N3O2S2. The summed E-state index contributed by atoms with van der Waals surface area (Å²) in [7, 11) is 0. The Morgan fingerprint density at radius 1 is 1.13 bits per heavy atom. The predicted octanol–water partition coefficient (Wildman–Crippen LogP) is 4.86. The van der Waals surface area contributed by atoms with Gasteiger partial charge >= 0.3 is 0 Å². The van der Waals surface area contributed by atoms with Crippen molar-refractivity contribution in [3.8, 4) is 11.8 Å². The quantitative estimate of drug-likeness (QED) is 0.528. The van der Waals surface area contributed by atoms with Gasteiger partial charge in [-0.2, -0.15) is 5.26 Å². The number of rotatable bonds is 6. The highest BCUT2D eigenvalue weighted by molar-refractivity contribution is 7.80. The molecule has 7 heteroatoms. The molecule has 1 heterocycles. The number of anilines is 1. The van der Waals surface area contributed by atoms with Crippen molar-refractivity contribution in [1.82, 2.24) is 5.32 Å². The minimum atomic E-state index is -0.351. The fourth-order valence-corrected chi connectivity index (χ4v) is 5.12. The molecule has 1 aliphatic rings. The van der Waals surface area contributed by atoms with Gasteiger partial charge in [0.25, 0.3) is 5.91 Å². The van der Waals surface area contributed by atoms with E-state index in [2.05, 4.69) is 16.7 Å². The number of thiocarbonyl (C=S) groups is 1. The van der Waals surface area contributed by atoms with Crippen LogP contribution in [0.2, 0.25) is 0 Å². The molecule has 0 radical (unpaired) electrons. The maximum absolute atomic E-state index is 12.8. The van der Waals surface area contributed by atoms with Gasteiger partial charge in [0.2, 0.25) is 0 Å². The molecule has 0 saturated carbocycles. The Morgan fingerprint density at radius 3 is 2.71 bits per heavy atom. The van der Waals surface area contributed by atoms with Crippen LogP contribution in [0.1, 0.15) is 38.3 Å². The zero-order valence-corrected chi connectivity index (χ0v) is 18.4. The third-order valence-corrected chi connectivity index (χ3v) is 6.52. The SMILES string of the molecule is N#Cc1c(NC(=S)NC(=O)c2ccccc2OCCc2ccccc2)sc2c1CCC2. The van der Waals surface area contributed by atoms with Gasteiger partial charge in [0.1, 0.15) is 16.8 Å². The number of fused-ring (bicyclic) bond motifs is 1. The molecule has 0 fully saturated rings. The number of thiophene rings is 1. The number of amides is 1. The standard InChI is InChI=1S/C24H21N3O2S2/c25-15-19-17-10-6-12-21(17)31-23(19)27-24(30)26-22(28)18-9-4-5-11-20(18)29-14-13-16-7-2-1-3-8-16/h1-5,7-9,11H,6,10,12-14H2,(H2,26,27,28,30). The van der Waals surface area contributed by atoms with Gasteiger partial charge in [-0.25, -0.2) is 0 Å². The van der Waals surface area contributed by atoms with Crippen LogP contribution in [-0.4, -0.2) is 17.6 Å². The van der Waals surface area contributed by atoms with Crippen molar-refractivity contribution in [3.05, 3.63) is 81.7 Å². The largest absolute Gasteiger partial charge is 0.492 e. The lowest BCUT2D eigenvalue weighted by atomic mass is 10.1. The van der Waals surface area contributed by atoms with E-state index in [1.165, 1.54) is 21.8 Å². The summed E-state index contributed by atoms with van der Waals surface area (Å²) in [6, 6.07) is 19.4. The minimum Gasteiger partial charge on any atom is -0.492 e. The van der Waals surface area contributed by atoms with Crippen LogP contribution >= 0.6 is 23.6 Å². The summed E-state index contributed by atoms with van der Waals surface area (Å²) < 4.78 is 5.87. The smallest absolute Gasteiger partial charge is 0.261 e. The van der Waals surface area contributed by atoms with E-state index in [1.54, 1.807) is 18.2 Å². The maximum Gasteiger partial charge on any atom is 0.261 e. The van der Waals surface area contributed by atoms with Crippen LogP contribution < -0.4 is 15.4 Å². The second kappa shape index (κ2) is 9.73. The number of nitriles is 1. The Hall–Kier alpha value is -3.21. The van der Waals surface area contributed by atoms with E-state index in [0.717, 1.165) is 31.2 Å². The van der Waals surface area contributed by atoms with Crippen LogP contribution in [0.15, 0.2) is 54.6 Å². The Kier molecular flexibility index (Phi) is 6.60. The highest BCUT2D eigenvalue weighted by atomic mass is 32.1. The highest BCUT2D eigenvalue weighted by Gasteiger charge is 2.23. The molecule has 4 rings (SSSR count). The van der Waals surface area contributed by atoms with Gasteiger partial charge in [0, 0.05) is 11.3 Å². The van der Waals surface area contributed by atoms with E-state index in [9.17, 15) is 10.1 Å². The summed E-state index contributed by atoms with van der Waals surface area (Å²) in [4.78, 5) is 14.0. The molecule has 0 atom stereocenters. The topological polar surface area (TPSA) is 74.2 Å². The first-order valence-electron chi connectivity index (χ1n) is 10.1. The highest BCUT2D eigenvalue weighted by Crippen LogP contribution is 2.38. The number of nitrogens with zero attached hydrogens (tertiary/aromatic N) is 1. The number of nitrogens with one attached hydrogen (secondary N) is 2. The molecule has 1 aromatic heterocycles. The van der Waals surface area contributed by atoms with E-state index < -0.39 is 0 Å². The fourth-order valence-electron chi connectivity index (χ4n) is 3.62. The van der Waals surface area contributed by atoms with Gasteiger partial charge in [-0.1, -0.05) is 42.5 Å². The number of carbonyl (C=O) groups excluding carboxylic acids is 1. The van der Waals surface area contributed by atoms with Gasteiger partial charge in [-0.3, -0.25) is 10.1 Å². The van der Waals surface area contributed by atoms with Gasteiger partial charge in [0.15, 0.2) is 5.11 Å². The minimum absolute atomic E-state index is 0.167. The van der Waals surface area contributed by atoms with E-state index in [1.807, 2.05) is 36.4 Å². The molecule has 0 spiro atoms. The fraction of sp³-hybridized carbons (Fsp3) is 0.208. The Labute approximate surface area is 190 Å². The zero-order chi connectivity index (χ0) is 21.6. The summed E-state index contributed by atoms with van der Waals surface area (Å²) >= 11 is 6.87. The molecule has 156 valence electrons. The van der Waals surface area contributed by atoms with Gasteiger partial charge in [-0.15, -0.1) is 11.3 Å². The predicted molar refractivity (Wildman–Crippen MR) is 127 cm³/mol. The first kappa shape index (κ1) is 21.0. The number of ether oxygens (including phenoxy) is 1. The van der Waals surface area contributed by atoms with Crippen molar-refractivity contribution in [2.75, 3.05) is 11.9 Å². The van der Waals surface area contributed by atoms with Crippen LogP contribution in [-0.2, 0) is 19.3 Å². The second-order valence-electron chi connectivity index (χ2n) is 7.16. The van der Waals surface area contributed by atoms with Gasteiger partial charge < -0.3 is 10.1 Å². The monoisotopic (exact) mass is 447 g/mol. The Morgan fingerprint density at radius 2 is 1.90 bits per heavy atom. The first-order valence-corrected chi connectivity index (χ1v) is 11.3. The van der Waals surface area contributed by atoms with Crippen LogP contribution in [0, 0.1) is 11.3 Å². The lowest BCUT2D eigenvalue weighted by molar-refractivity contribution is 0.0974. The normalized spacial score (nSPS) is 12.0. The summed E-state index contributed by atoms with van der Waals surface area (Å²) in [5.41, 5.74) is 3.33. The molecule has 2 aromatic carbocycles. The summed E-state index contributed by atoms with van der Waals surface area (Å²) in [6.45, 7) is 0.462. The molecule has 1 aliphatic carbocycles. The number of hydrogen-bond donors (Lipinski definition) is 2. The summed E-state index contributed by atoms with van der Waals surface area (Å²) in [5.74, 6) is 0.155. The average molecular weight is 448 g/mol. The van der Waals surface area contributed by atoms with Crippen LogP contribution in [0.25, 0.3) is 0 Å². The van der Waals surface area contributed by atoms with E-state index in [0.29, 0.717) is 28.5 Å². The molecule has 31 heavy (non-hydrogen) atoms. The van der Waals surface area contributed by atoms with Crippen molar-refractivity contribution >= 4 is 39.6 Å². The number of para-hydroxylation sites is 1.